The molecule has 0 fully saturated rings. The van der Waals surface area contributed by atoms with Crippen molar-refractivity contribution in [1.82, 2.24) is 0 Å². The van der Waals surface area contributed by atoms with E-state index in [2.05, 4.69) is 0 Å². The number of nitrogen functional groups attached to an aromatic ring is 2. The molecular weight excluding hydrogens is 252 g/mol. The van der Waals surface area contributed by atoms with Crippen LogP contribution < -0.4 is 11.5 Å². The van der Waals surface area contributed by atoms with Crippen LogP contribution in [0.4, 0.5) is 11.4 Å². The Bertz CT molecular complexity index is 651. The van der Waals surface area contributed by atoms with Crippen LogP contribution in [-0.2, 0) is 11.3 Å². The average molecular weight is 270 g/mol. The molecule has 0 amide bonds. The summed E-state index contributed by atoms with van der Waals surface area (Å²) in [6, 6.07) is 10.7. The van der Waals surface area contributed by atoms with Gasteiger partial charge in [0, 0.05) is 11.4 Å². The minimum atomic E-state index is -0.419. The predicted molar refractivity (Wildman–Crippen MR) is 80.3 cm³/mol. The second-order valence-electron chi connectivity index (χ2n) is 4.80. The van der Waals surface area contributed by atoms with Crippen LogP contribution >= 0.6 is 0 Å². The van der Waals surface area contributed by atoms with Crippen LogP contribution in [-0.4, -0.2) is 5.97 Å². The molecule has 2 aromatic rings. The molecule has 0 aliphatic rings. The van der Waals surface area contributed by atoms with Crippen molar-refractivity contribution in [2.24, 2.45) is 0 Å². The van der Waals surface area contributed by atoms with Crippen molar-refractivity contribution in [2.75, 3.05) is 11.5 Å². The molecule has 2 rings (SSSR count). The van der Waals surface area contributed by atoms with Crippen LogP contribution in [0.25, 0.3) is 0 Å². The average Bonchev–Trinajstić information content (AvgIpc) is 2.41. The summed E-state index contributed by atoms with van der Waals surface area (Å²) >= 11 is 0. The van der Waals surface area contributed by atoms with Crippen molar-refractivity contribution < 1.29 is 9.53 Å². The summed E-state index contributed by atoms with van der Waals surface area (Å²) < 4.78 is 5.31. The van der Waals surface area contributed by atoms with Crippen molar-refractivity contribution in [3.8, 4) is 0 Å². The number of carbonyl (C=O) groups is 1. The summed E-state index contributed by atoms with van der Waals surface area (Å²) in [5, 5.41) is 0. The summed E-state index contributed by atoms with van der Waals surface area (Å²) in [6.45, 7) is 4.07. The van der Waals surface area contributed by atoms with E-state index in [0.29, 0.717) is 11.3 Å². The standard InChI is InChI=1S/C16H18N2O2/c1-10-8-15(18)11(2)7-12(10)9-20-16(19)13-5-3-4-6-14(13)17/h3-8H,9,17-18H2,1-2H3. The van der Waals surface area contributed by atoms with Crippen molar-refractivity contribution in [2.45, 2.75) is 20.5 Å². The minimum absolute atomic E-state index is 0.208. The van der Waals surface area contributed by atoms with Gasteiger partial charge in [0.25, 0.3) is 0 Å². The fourth-order valence-corrected chi connectivity index (χ4v) is 1.96. The third kappa shape index (κ3) is 2.91. The number of aryl methyl sites for hydroxylation is 2. The summed E-state index contributed by atoms with van der Waals surface area (Å²) in [5.41, 5.74) is 16.0. The Hall–Kier alpha value is -2.49. The molecule has 0 aliphatic carbocycles. The molecule has 0 unspecified atom stereocenters. The molecule has 0 spiro atoms. The highest BCUT2D eigenvalue weighted by Crippen LogP contribution is 2.19. The van der Waals surface area contributed by atoms with Gasteiger partial charge in [0.15, 0.2) is 0 Å². The molecule has 4 N–H and O–H groups in total. The first kappa shape index (κ1) is 13.9. The van der Waals surface area contributed by atoms with E-state index in [0.717, 1.165) is 22.4 Å². The van der Waals surface area contributed by atoms with Crippen LogP contribution in [0, 0.1) is 13.8 Å². The van der Waals surface area contributed by atoms with Crippen LogP contribution in [0.2, 0.25) is 0 Å². The smallest absolute Gasteiger partial charge is 0.340 e. The molecule has 0 bridgehead atoms. The van der Waals surface area contributed by atoms with E-state index in [1.165, 1.54) is 0 Å². The molecule has 0 saturated heterocycles. The minimum Gasteiger partial charge on any atom is -0.457 e. The Morgan fingerprint density at radius 2 is 1.75 bits per heavy atom. The van der Waals surface area contributed by atoms with Gasteiger partial charge in [0.1, 0.15) is 6.61 Å². The summed E-state index contributed by atoms with van der Waals surface area (Å²) in [5.74, 6) is -0.419. The van der Waals surface area contributed by atoms with E-state index in [1.54, 1.807) is 24.3 Å². The summed E-state index contributed by atoms with van der Waals surface area (Å²) in [4.78, 5) is 12.0. The van der Waals surface area contributed by atoms with Gasteiger partial charge in [-0.2, -0.15) is 0 Å². The van der Waals surface area contributed by atoms with E-state index >= 15 is 0 Å². The Morgan fingerprint density at radius 3 is 2.45 bits per heavy atom. The van der Waals surface area contributed by atoms with Gasteiger partial charge in [-0.25, -0.2) is 4.79 Å². The van der Waals surface area contributed by atoms with E-state index in [9.17, 15) is 4.79 Å². The lowest BCUT2D eigenvalue weighted by molar-refractivity contribution is 0.0473. The van der Waals surface area contributed by atoms with Gasteiger partial charge in [0.05, 0.1) is 5.56 Å². The van der Waals surface area contributed by atoms with Gasteiger partial charge < -0.3 is 16.2 Å². The third-order valence-electron chi connectivity index (χ3n) is 3.26. The molecule has 0 aliphatic heterocycles. The number of para-hydroxylation sites is 1. The van der Waals surface area contributed by atoms with Crippen LogP contribution in [0.5, 0.6) is 0 Å². The maximum atomic E-state index is 12.0. The number of anilines is 2. The maximum Gasteiger partial charge on any atom is 0.340 e. The number of carbonyl (C=O) groups excluding carboxylic acids is 1. The normalized spacial score (nSPS) is 10.3. The lowest BCUT2D eigenvalue weighted by Crippen LogP contribution is -2.09. The monoisotopic (exact) mass is 270 g/mol. The molecule has 104 valence electrons. The highest BCUT2D eigenvalue weighted by atomic mass is 16.5. The molecule has 4 heteroatoms. The fraction of sp³-hybridized carbons (Fsp3) is 0.188. The van der Waals surface area contributed by atoms with Crippen LogP contribution in [0.15, 0.2) is 36.4 Å². The molecule has 4 nitrogen and oxygen atoms in total. The molecule has 2 aromatic carbocycles. The van der Waals surface area contributed by atoms with Gasteiger partial charge in [0.2, 0.25) is 0 Å². The van der Waals surface area contributed by atoms with E-state index < -0.39 is 5.97 Å². The highest BCUT2D eigenvalue weighted by molar-refractivity contribution is 5.94. The van der Waals surface area contributed by atoms with Gasteiger partial charge in [-0.05, 0) is 48.7 Å². The first-order chi connectivity index (χ1) is 9.49. The SMILES string of the molecule is Cc1cc(COC(=O)c2ccccc2N)c(C)cc1N. The predicted octanol–water partition coefficient (Wildman–Crippen LogP) is 2.82. The van der Waals surface area contributed by atoms with Crippen LogP contribution in [0.1, 0.15) is 27.0 Å². The lowest BCUT2D eigenvalue weighted by atomic mass is 10.0. The van der Waals surface area contributed by atoms with Gasteiger partial charge in [-0.15, -0.1) is 0 Å². The molecule has 0 heterocycles. The summed E-state index contributed by atoms with van der Waals surface area (Å²) in [7, 11) is 0. The van der Waals surface area contributed by atoms with Gasteiger partial charge >= 0.3 is 5.97 Å². The third-order valence-corrected chi connectivity index (χ3v) is 3.26. The molecule has 0 aromatic heterocycles. The van der Waals surface area contributed by atoms with E-state index in [4.69, 9.17) is 16.2 Å². The quantitative estimate of drug-likeness (QED) is 0.664. The van der Waals surface area contributed by atoms with Gasteiger partial charge in [-0.3, -0.25) is 0 Å². The Morgan fingerprint density at radius 1 is 1.05 bits per heavy atom. The fourth-order valence-electron chi connectivity index (χ4n) is 1.96. The Labute approximate surface area is 118 Å². The molecule has 0 radical (unpaired) electrons. The zero-order valence-electron chi connectivity index (χ0n) is 11.6. The second kappa shape index (κ2) is 5.65. The van der Waals surface area contributed by atoms with Crippen LogP contribution in [0.3, 0.4) is 0 Å². The summed E-state index contributed by atoms with van der Waals surface area (Å²) in [6.07, 6.45) is 0. The number of hydrogen-bond acceptors (Lipinski definition) is 4. The van der Waals surface area contributed by atoms with E-state index in [-0.39, 0.29) is 6.61 Å². The zero-order valence-corrected chi connectivity index (χ0v) is 11.6. The largest absolute Gasteiger partial charge is 0.457 e. The Kier molecular flexibility index (Phi) is 3.94. The first-order valence-corrected chi connectivity index (χ1v) is 6.36. The molecular formula is C16H18N2O2. The van der Waals surface area contributed by atoms with E-state index in [1.807, 2.05) is 26.0 Å². The van der Waals surface area contributed by atoms with Crippen molar-refractivity contribution >= 4 is 17.3 Å². The number of esters is 1. The van der Waals surface area contributed by atoms with Crippen molar-refractivity contribution in [3.05, 3.63) is 58.7 Å². The van der Waals surface area contributed by atoms with Gasteiger partial charge in [-0.1, -0.05) is 18.2 Å². The number of rotatable bonds is 3. The molecule has 20 heavy (non-hydrogen) atoms. The highest BCUT2D eigenvalue weighted by Gasteiger charge is 2.11. The Balaban J connectivity index is 2.12. The first-order valence-electron chi connectivity index (χ1n) is 6.36. The number of nitrogens with two attached hydrogens (primary N) is 2. The number of hydrogen-bond donors (Lipinski definition) is 2. The maximum absolute atomic E-state index is 12.0. The number of benzene rings is 2. The lowest BCUT2D eigenvalue weighted by Gasteiger charge is -2.11. The number of ether oxygens (including phenoxy) is 1. The molecule has 0 saturated carbocycles. The van der Waals surface area contributed by atoms with Crippen molar-refractivity contribution in [1.29, 1.82) is 0 Å². The second-order valence-corrected chi connectivity index (χ2v) is 4.80. The van der Waals surface area contributed by atoms with Crippen molar-refractivity contribution in [3.63, 3.8) is 0 Å². The topological polar surface area (TPSA) is 78.3 Å². The molecule has 0 atom stereocenters. The zero-order chi connectivity index (χ0) is 14.7.